The Bertz CT molecular complexity index is 1210. The van der Waals surface area contributed by atoms with Gasteiger partial charge in [0.15, 0.2) is 0 Å². The van der Waals surface area contributed by atoms with Gasteiger partial charge >= 0.3 is 0 Å². The van der Waals surface area contributed by atoms with Gasteiger partial charge in [-0.1, -0.05) is 62.4 Å². The summed E-state index contributed by atoms with van der Waals surface area (Å²) in [5.41, 5.74) is 4.43. The van der Waals surface area contributed by atoms with E-state index in [0.717, 1.165) is 22.3 Å². The van der Waals surface area contributed by atoms with E-state index in [1.54, 1.807) is 24.3 Å². The summed E-state index contributed by atoms with van der Waals surface area (Å²) >= 11 is 0. The molecular formula is C27H20N2O2. The third-order valence-corrected chi connectivity index (χ3v) is 7.90. The smallest absolute Gasteiger partial charge is 0.238 e. The van der Waals surface area contributed by atoms with Crippen molar-refractivity contribution in [3.8, 4) is 6.07 Å². The number of carbonyl (C=O) groups is 2. The Morgan fingerprint density at radius 3 is 1.45 bits per heavy atom. The summed E-state index contributed by atoms with van der Waals surface area (Å²) in [5.74, 6) is -1.24. The van der Waals surface area contributed by atoms with E-state index in [9.17, 15) is 9.59 Å². The van der Waals surface area contributed by atoms with Crippen LogP contribution in [0.4, 0.5) is 5.69 Å². The van der Waals surface area contributed by atoms with Crippen molar-refractivity contribution in [2.75, 3.05) is 4.90 Å². The molecule has 2 bridgehead atoms. The normalized spacial score (nSPS) is 29.9. The van der Waals surface area contributed by atoms with Crippen molar-refractivity contribution in [1.29, 1.82) is 5.26 Å². The maximum absolute atomic E-state index is 13.9. The number of carbonyl (C=O) groups excluding carboxylic acids is 2. The summed E-state index contributed by atoms with van der Waals surface area (Å²) in [7, 11) is 0. The molecule has 2 atom stereocenters. The average molecular weight is 404 g/mol. The zero-order valence-electron chi connectivity index (χ0n) is 17.3. The molecule has 7 rings (SSSR count). The summed E-state index contributed by atoms with van der Waals surface area (Å²) < 4.78 is 0. The fourth-order valence-corrected chi connectivity index (χ4v) is 6.51. The molecule has 3 aromatic rings. The predicted molar refractivity (Wildman–Crippen MR) is 116 cm³/mol. The second-order valence-corrected chi connectivity index (χ2v) is 9.12. The summed E-state index contributed by atoms with van der Waals surface area (Å²) in [6.45, 7) is 4.24. The monoisotopic (exact) mass is 404 g/mol. The van der Waals surface area contributed by atoms with E-state index in [1.807, 2.05) is 24.3 Å². The second-order valence-electron chi connectivity index (χ2n) is 9.12. The predicted octanol–water partition coefficient (Wildman–Crippen LogP) is 4.30. The van der Waals surface area contributed by atoms with Crippen LogP contribution >= 0.6 is 0 Å². The van der Waals surface area contributed by atoms with Crippen molar-refractivity contribution in [2.24, 2.45) is 11.8 Å². The Morgan fingerprint density at radius 1 is 0.710 bits per heavy atom. The number of nitrogens with zero attached hydrogens (tertiary/aromatic N) is 2. The largest absolute Gasteiger partial charge is 0.274 e. The highest BCUT2D eigenvalue weighted by atomic mass is 16.2. The molecule has 31 heavy (non-hydrogen) atoms. The van der Waals surface area contributed by atoms with Crippen LogP contribution in [0.15, 0.2) is 72.8 Å². The Labute approximate surface area is 180 Å². The number of hydrogen-bond donors (Lipinski definition) is 0. The lowest BCUT2D eigenvalue weighted by Gasteiger charge is -2.57. The van der Waals surface area contributed by atoms with Crippen LogP contribution in [0.1, 0.15) is 41.7 Å². The highest BCUT2D eigenvalue weighted by Crippen LogP contribution is 2.66. The van der Waals surface area contributed by atoms with Gasteiger partial charge in [0, 0.05) is 10.8 Å². The maximum atomic E-state index is 13.9. The minimum absolute atomic E-state index is 0.155. The van der Waals surface area contributed by atoms with E-state index in [2.05, 4.69) is 44.2 Å². The van der Waals surface area contributed by atoms with Gasteiger partial charge in [-0.15, -0.1) is 0 Å². The molecule has 0 unspecified atom stereocenters. The van der Waals surface area contributed by atoms with Gasteiger partial charge in [0.1, 0.15) is 0 Å². The van der Waals surface area contributed by atoms with Gasteiger partial charge in [-0.3, -0.25) is 9.59 Å². The summed E-state index contributed by atoms with van der Waals surface area (Å²) in [5, 5.41) is 9.11. The molecule has 4 heteroatoms. The van der Waals surface area contributed by atoms with E-state index < -0.39 is 22.7 Å². The fourth-order valence-electron chi connectivity index (χ4n) is 6.51. The van der Waals surface area contributed by atoms with E-state index in [-0.39, 0.29) is 11.8 Å². The number of imide groups is 1. The van der Waals surface area contributed by atoms with E-state index >= 15 is 0 Å². The third-order valence-electron chi connectivity index (χ3n) is 7.90. The van der Waals surface area contributed by atoms with Gasteiger partial charge in [-0.2, -0.15) is 5.26 Å². The summed E-state index contributed by atoms with van der Waals surface area (Å²) in [6.07, 6.45) is 0. The Balaban J connectivity index is 1.63. The van der Waals surface area contributed by atoms with E-state index in [4.69, 9.17) is 5.26 Å². The molecule has 1 fully saturated rings. The molecular weight excluding hydrogens is 384 g/mol. The molecule has 3 aromatic carbocycles. The first-order chi connectivity index (χ1) is 14.9. The van der Waals surface area contributed by atoms with Crippen LogP contribution in [0.25, 0.3) is 0 Å². The van der Waals surface area contributed by atoms with Crippen molar-refractivity contribution in [2.45, 2.75) is 24.7 Å². The number of benzene rings is 3. The number of rotatable bonds is 1. The molecule has 4 aliphatic rings. The zero-order valence-corrected chi connectivity index (χ0v) is 17.3. The van der Waals surface area contributed by atoms with Crippen molar-refractivity contribution >= 4 is 17.5 Å². The second kappa shape index (κ2) is 5.70. The molecule has 1 heterocycles. The van der Waals surface area contributed by atoms with Crippen LogP contribution in [0.2, 0.25) is 0 Å². The number of anilines is 1. The van der Waals surface area contributed by atoms with Crippen LogP contribution in [-0.2, 0) is 20.4 Å². The molecule has 0 spiro atoms. The van der Waals surface area contributed by atoms with Crippen LogP contribution in [-0.4, -0.2) is 11.8 Å². The quantitative estimate of drug-likeness (QED) is 0.568. The van der Waals surface area contributed by atoms with Gasteiger partial charge < -0.3 is 0 Å². The minimum atomic E-state index is -0.580. The molecule has 0 aromatic heterocycles. The number of nitriles is 1. The Morgan fingerprint density at radius 2 is 1.10 bits per heavy atom. The van der Waals surface area contributed by atoms with Crippen molar-refractivity contribution in [1.82, 2.24) is 0 Å². The summed E-state index contributed by atoms with van der Waals surface area (Å²) in [6, 6.07) is 25.3. The van der Waals surface area contributed by atoms with Gasteiger partial charge in [0.25, 0.3) is 0 Å². The Kier molecular flexibility index (Phi) is 3.33. The molecule has 0 saturated carbocycles. The molecule has 0 N–H and O–H groups in total. The van der Waals surface area contributed by atoms with Crippen LogP contribution in [0.5, 0.6) is 0 Å². The van der Waals surface area contributed by atoms with Gasteiger partial charge in [0.2, 0.25) is 11.8 Å². The fraction of sp³-hybridized carbons (Fsp3) is 0.222. The van der Waals surface area contributed by atoms with Crippen LogP contribution in [0.3, 0.4) is 0 Å². The first-order valence-corrected chi connectivity index (χ1v) is 10.5. The molecule has 0 radical (unpaired) electrons. The standard InChI is InChI=1S/C27H20N2O2/c1-26-18-7-3-5-9-20(18)27(2,21-10-6-4-8-19(21)26)23-22(26)24(30)29(25(23)31)17-13-11-16(15-28)12-14-17/h3-14,22-23H,1-2H3/t22-,23+,26?,27?. The van der Waals surface area contributed by atoms with Crippen LogP contribution in [0, 0.1) is 23.2 Å². The molecule has 1 aliphatic heterocycles. The van der Waals surface area contributed by atoms with Gasteiger partial charge in [-0.05, 0) is 46.5 Å². The molecule has 150 valence electrons. The first kappa shape index (κ1) is 18.1. The maximum Gasteiger partial charge on any atom is 0.238 e. The number of hydrogen-bond acceptors (Lipinski definition) is 3. The molecule has 1 saturated heterocycles. The van der Waals surface area contributed by atoms with Crippen LogP contribution < -0.4 is 4.90 Å². The molecule has 3 aliphatic carbocycles. The van der Waals surface area contributed by atoms with Gasteiger partial charge in [-0.25, -0.2) is 4.90 Å². The average Bonchev–Trinajstić information content (AvgIpc) is 3.08. The van der Waals surface area contributed by atoms with Crippen molar-refractivity contribution in [3.63, 3.8) is 0 Å². The lowest BCUT2D eigenvalue weighted by molar-refractivity contribution is -0.124. The van der Waals surface area contributed by atoms with Gasteiger partial charge in [0.05, 0.1) is 29.2 Å². The Hall–Kier alpha value is -3.71. The van der Waals surface area contributed by atoms with Crippen molar-refractivity contribution < 1.29 is 9.59 Å². The lowest BCUT2D eigenvalue weighted by Crippen LogP contribution is -2.59. The van der Waals surface area contributed by atoms with Crippen molar-refractivity contribution in [3.05, 3.63) is 101 Å². The van der Waals surface area contributed by atoms with E-state index in [0.29, 0.717) is 11.3 Å². The topological polar surface area (TPSA) is 61.2 Å². The first-order valence-electron chi connectivity index (χ1n) is 10.5. The third kappa shape index (κ3) is 1.90. The number of amides is 2. The highest BCUT2D eigenvalue weighted by Gasteiger charge is 2.70. The lowest BCUT2D eigenvalue weighted by atomic mass is 9.42. The minimum Gasteiger partial charge on any atom is -0.274 e. The van der Waals surface area contributed by atoms with E-state index in [1.165, 1.54) is 4.90 Å². The zero-order chi connectivity index (χ0) is 21.5. The highest BCUT2D eigenvalue weighted by molar-refractivity contribution is 6.24. The molecule has 4 nitrogen and oxygen atoms in total. The molecule has 2 amide bonds. The summed E-state index contributed by atoms with van der Waals surface area (Å²) in [4.78, 5) is 29.2. The SMILES string of the molecule is CC12c3ccccc3C(C)(c3ccccc31)[C@H]1C(=O)N(c3ccc(C#N)cc3)C(=O)[C@H]12.